The molecule has 0 bridgehead atoms. The standard InChI is InChI=1S/C15H31N3O/c1-5-10-18-11-7-13(8-12-18)17-14(19)6-9-16-15(2,3)4/h13,16H,5-12H2,1-4H3,(H,17,19). The molecule has 1 rings (SSSR count). The Morgan fingerprint density at radius 3 is 2.42 bits per heavy atom. The number of hydrogen-bond donors (Lipinski definition) is 2. The molecule has 2 N–H and O–H groups in total. The molecule has 0 spiro atoms. The minimum absolute atomic E-state index is 0.0891. The predicted octanol–water partition coefficient (Wildman–Crippen LogP) is 1.76. The number of carbonyl (C=O) groups is 1. The van der Waals surface area contributed by atoms with Gasteiger partial charge in [-0.2, -0.15) is 0 Å². The molecule has 0 atom stereocenters. The third kappa shape index (κ3) is 7.53. The average molecular weight is 269 g/mol. The number of likely N-dealkylation sites (tertiary alicyclic amines) is 1. The number of hydrogen-bond acceptors (Lipinski definition) is 3. The molecule has 1 aliphatic heterocycles. The van der Waals surface area contributed by atoms with Crippen LogP contribution in [0.3, 0.4) is 0 Å². The van der Waals surface area contributed by atoms with E-state index in [0.717, 1.165) is 32.5 Å². The summed E-state index contributed by atoms with van der Waals surface area (Å²) in [6.45, 7) is 12.8. The average Bonchev–Trinajstić information content (AvgIpc) is 2.30. The molecule has 112 valence electrons. The van der Waals surface area contributed by atoms with Crippen LogP contribution in [0.4, 0.5) is 0 Å². The molecular formula is C15H31N3O. The van der Waals surface area contributed by atoms with E-state index in [0.29, 0.717) is 12.5 Å². The number of carbonyl (C=O) groups excluding carboxylic acids is 1. The van der Waals surface area contributed by atoms with Crippen molar-refractivity contribution in [3.05, 3.63) is 0 Å². The maximum Gasteiger partial charge on any atom is 0.221 e. The third-order valence-corrected chi connectivity index (χ3v) is 3.50. The van der Waals surface area contributed by atoms with Crippen LogP contribution in [-0.4, -0.2) is 48.6 Å². The highest BCUT2D eigenvalue weighted by atomic mass is 16.1. The molecule has 1 fully saturated rings. The summed E-state index contributed by atoms with van der Waals surface area (Å²) in [4.78, 5) is 14.3. The molecule has 1 aliphatic rings. The predicted molar refractivity (Wildman–Crippen MR) is 80.3 cm³/mol. The number of nitrogens with one attached hydrogen (secondary N) is 2. The van der Waals surface area contributed by atoms with Crippen LogP contribution in [0.2, 0.25) is 0 Å². The van der Waals surface area contributed by atoms with Gasteiger partial charge in [-0.15, -0.1) is 0 Å². The molecule has 4 heteroatoms. The van der Waals surface area contributed by atoms with E-state index in [4.69, 9.17) is 0 Å². The van der Waals surface area contributed by atoms with Gasteiger partial charge in [0.15, 0.2) is 0 Å². The van der Waals surface area contributed by atoms with Gasteiger partial charge in [-0.3, -0.25) is 4.79 Å². The lowest BCUT2D eigenvalue weighted by Gasteiger charge is -2.32. The first-order valence-electron chi connectivity index (χ1n) is 7.67. The molecule has 0 aromatic rings. The van der Waals surface area contributed by atoms with Gasteiger partial charge in [0.2, 0.25) is 5.91 Å². The minimum Gasteiger partial charge on any atom is -0.353 e. The summed E-state index contributed by atoms with van der Waals surface area (Å²) >= 11 is 0. The topological polar surface area (TPSA) is 44.4 Å². The van der Waals surface area contributed by atoms with Gasteiger partial charge in [0.05, 0.1) is 0 Å². The summed E-state index contributed by atoms with van der Waals surface area (Å²) in [5, 5.41) is 6.51. The molecule has 1 heterocycles. The lowest BCUT2D eigenvalue weighted by atomic mass is 10.0. The van der Waals surface area contributed by atoms with Gasteiger partial charge in [0.25, 0.3) is 0 Å². The van der Waals surface area contributed by atoms with Crippen molar-refractivity contribution >= 4 is 5.91 Å². The van der Waals surface area contributed by atoms with E-state index >= 15 is 0 Å². The van der Waals surface area contributed by atoms with Crippen molar-refractivity contribution in [1.29, 1.82) is 0 Å². The van der Waals surface area contributed by atoms with E-state index in [9.17, 15) is 4.79 Å². The van der Waals surface area contributed by atoms with E-state index in [1.807, 2.05) is 0 Å². The number of rotatable bonds is 6. The van der Waals surface area contributed by atoms with Crippen molar-refractivity contribution in [3.8, 4) is 0 Å². The van der Waals surface area contributed by atoms with Crippen molar-refractivity contribution in [2.75, 3.05) is 26.2 Å². The molecule has 0 saturated carbocycles. The quantitative estimate of drug-likeness (QED) is 0.772. The monoisotopic (exact) mass is 269 g/mol. The molecule has 0 aromatic heterocycles. The van der Waals surface area contributed by atoms with Crippen LogP contribution >= 0.6 is 0 Å². The SMILES string of the molecule is CCCN1CCC(NC(=O)CCNC(C)(C)C)CC1. The summed E-state index contributed by atoms with van der Waals surface area (Å²) in [6, 6.07) is 0.384. The van der Waals surface area contributed by atoms with Crippen LogP contribution in [-0.2, 0) is 4.79 Å². The molecule has 0 aromatic carbocycles. The molecule has 19 heavy (non-hydrogen) atoms. The van der Waals surface area contributed by atoms with E-state index in [2.05, 4.69) is 43.2 Å². The Labute approximate surface area is 118 Å². The molecule has 0 aliphatic carbocycles. The second-order valence-corrected chi connectivity index (χ2v) is 6.61. The van der Waals surface area contributed by atoms with E-state index in [-0.39, 0.29) is 11.4 Å². The second kappa shape index (κ2) is 7.85. The second-order valence-electron chi connectivity index (χ2n) is 6.61. The van der Waals surface area contributed by atoms with Gasteiger partial charge >= 0.3 is 0 Å². The summed E-state index contributed by atoms with van der Waals surface area (Å²) in [5.74, 6) is 0.186. The highest BCUT2D eigenvalue weighted by molar-refractivity contribution is 5.76. The fourth-order valence-corrected chi connectivity index (χ4v) is 2.47. The van der Waals surface area contributed by atoms with Crippen molar-refractivity contribution < 1.29 is 4.79 Å². The van der Waals surface area contributed by atoms with Crippen LogP contribution < -0.4 is 10.6 Å². The summed E-state index contributed by atoms with van der Waals surface area (Å²) in [7, 11) is 0. The highest BCUT2D eigenvalue weighted by Crippen LogP contribution is 2.10. The molecule has 0 radical (unpaired) electrons. The van der Waals surface area contributed by atoms with Gasteiger partial charge in [-0.05, 0) is 46.6 Å². The Bertz CT molecular complexity index is 265. The van der Waals surface area contributed by atoms with Gasteiger partial charge in [-0.25, -0.2) is 0 Å². The van der Waals surface area contributed by atoms with Crippen LogP contribution in [0.1, 0.15) is 53.4 Å². The van der Waals surface area contributed by atoms with Crippen LogP contribution in [0.15, 0.2) is 0 Å². The number of piperidine rings is 1. The van der Waals surface area contributed by atoms with E-state index in [1.165, 1.54) is 13.0 Å². The third-order valence-electron chi connectivity index (χ3n) is 3.50. The summed E-state index contributed by atoms with van der Waals surface area (Å²) < 4.78 is 0. The number of nitrogens with zero attached hydrogens (tertiary/aromatic N) is 1. The van der Waals surface area contributed by atoms with Gasteiger partial charge in [0, 0.05) is 37.6 Å². The molecule has 4 nitrogen and oxygen atoms in total. The Morgan fingerprint density at radius 2 is 1.89 bits per heavy atom. The first kappa shape index (κ1) is 16.4. The van der Waals surface area contributed by atoms with E-state index < -0.39 is 0 Å². The van der Waals surface area contributed by atoms with Crippen molar-refractivity contribution in [2.45, 2.75) is 65.0 Å². The lowest BCUT2D eigenvalue weighted by Crippen LogP contribution is -2.45. The smallest absolute Gasteiger partial charge is 0.221 e. The number of amides is 1. The van der Waals surface area contributed by atoms with E-state index in [1.54, 1.807) is 0 Å². The lowest BCUT2D eigenvalue weighted by molar-refractivity contribution is -0.122. The molecular weight excluding hydrogens is 238 g/mol. The molecule has 1 saturated heterocycles. The zero-order chi connectivity index (χ0) is 14.3. The zero-order valence-electron chi connectivity index (χ0n) is 13.1. The van der Waals surface area contributed by atoms with Crippen molar-refractivity contribution in [1.82, 2.24) is 15.5 Å². The summed E-state index contributed by atoms with van der Waals surface area (Å²) in [6.07, 6.45) is 3.98. The van der Waals surface area contributed by atoms with Crippen LogP contribution in [0, 0.1) is 0 Å². The zero-order valence-corrected chi connectivity index (χ0v) is 13.1. The van der Waals surface area contributed by atoms with Crippen LogP contribution in [0.25, 0.3) is 0 Å². The normalized spacial score (nSPS) is 18.5. The van der Waals surface area contributed by atoms with Gasteiger partial charge < -0.3 is 15.5 Å². The summed E-state index contributed by atoms with van der Waals surface area (Å²) in [5.41, 5.74) is 0.0891. The maximum absolute atomic E-state index is 11.8. The minimum atomic E-state index is 0.0891. The fourth-order valence-electron chi connectivity index (χ4n) is 2.47. The highest BCUT2D eigenvalue weighted by Gasteiger charge is 2.20. The Hall–Kier alpha value is -0.610. The van der Waals surface area contributed by atoms with Gasteiger partial charge in [-0.1, -0.05) is 6.92 Å². The first-order chi connectivity index (χ1) is 8.90. The maximum atomic E-state index is 11.8. The molecule has 1 amide bonds. The van der Waals surface area contributed by atoms with Gasteiger partial charge in [0.1, 0.15) is 0 Å². The Morgan fingerprint density at radius 1 is 1.26 bits per heavy atom. The molecule has 0 unspecified atom stereocenters. The van der Waals surface area contributed by atoms with Crippen molar-refractivity contribution in [2.24, 2.45) is 0 Å². The first-order valence-corrected chi connectivity index (χ1v) is 7.67. The van der Waals surface area contributed by atoms with Crippen LogP contribution in [0.5, 0.6) is 0 Å². The Balaban J connectivity index is 2.13. The Kier molecular flexibility index (Phi) is 6.80. The van der Waals surface area contributed by atoms with Crippen molar-refractivity contribution in [3.63, 3.8) is 0 Å². The largest absolute Gasteiger partial charge is 0.353 e. The fraction of sp³-hybridized carbons (Fsp3) is 0.933.